The van der Waals surface area contributed by atoms with Crippen LogP contribution in [0.5, 0.6) is 0 Å². The van der Waals surface area contributed by atoms with Crippen molar-refractivity contribution in [1.29, 1.82) is 0 Å². The molecule has 2 amide bonds. The van der Waals surface area contributed by atoms with Gasteiger partial charge < -0.3 is 15.4 Å². The smallest absolute Gasteiger partial charge is 0.308 e. The zero-order valence-electron chi connectivity index (χ0n) is 15.1. The summed E-state index contributed by atoms with van der Waals surface area (Å²) < 4.78 is 5.14. The predicted octanol–water partition coefficient (Wildman–Crippen LogP) is 3.42. The van der Waals surface area contributed by atoms with Gasteiger partial charge in [-0.3, -0.25) is 14.4 Å². The van der Waals surface area contributed by atoms with Crippen molar-refractivity contribution in [3.05, 3.63) is 65.2 Å². The molecule has 0 aliphatic heterocycles. The molecule has 2 aromatic carbocycles. The van der Waals surface area contributed by atoms with Crippen LogP contribution in [0, 0.1) is 0 Å². The molecule has 6 nitrogen and oxygen atoms in total. The van der Waals surface area contributed by atoms with Crippen LogP contribution < -0.4 is 10.6 Å². The van der Waals surface area contributed by atoms with Crippen LogP contribution in [-0.2, 0) is 14.3 Å². The number of carbonyl (C=O) groups excluding carboxylic acids is 3. The summed E-state index contributed by atoms with van der Waals surface area (Å²) in [5.41, 5.74) is 1.06. The zero-order valence-corrected chi connectivity index (χ0v) is 15.8. The molecule has 2 aromatic rings. The van der Waals surface area contributed by atoms with E-state index in [9.17, 15) is 14.4 Å². The van der Waals surface area contributed by atoms with Gasteiger partial charge in [0, 0.05) is 22.3 Å². The molecule has 2 unspecified atom stereocenters. The number of hydrogen-bond acceptors (Lipinski definition) is 4. The van der Waals surface area contributed by atoms with E-state index in [4.69, 9.17) is 16.3 Å². The highest BCUT2D eigenvalue weighted by Crippen LogP contribution is 2.14. The van der Waals surface area contributed by atoms with E-state index in [0.29, 0.717) is 16.3 Å². The fourth-order valence-corrected chi connectivity index (χ4v) is 2.40. The Hall–Kier alpha value is -2.86. The van der Waals surface area contributed by atoms with Gasteiger partial charge in [0.2, 0.25) is 0 Å². The Labute approximate surface area is 162 Å². The molecule has 2 atom stereocenters. The summed E-state index contributed by atoms with van der Waals surface area (Å²) in [6, 6.07) is 14.9. The standard InChI is InChI=1S/C20H21ClN2O4/c1-13(22-20(26)15-6-4-3-5-7-15)12-18(24)27-14(2)19(25)23-17-10-8-16(21)9-11-17/h3-11,13-14H,12H2,1-2H3,(H,22,26)(H,23,25). The van der Waals surface area contributed by atoms with Gasteiger partial charge in [0.1, 0.15) is 0 Å². The van der Waals surface area contributed by atoms with E-state index in [2.05, 4.69) is 10.6 Å². The van der Waals surface area contributed by atoms with Crippen molar-refractivity contribution in [2.24, 2.45) is 0 Å². The lowest BCUT2D eigenvalue weighted by Crippen LogP contribution is -2.36. The van der Waals surface area contributed by atoms with Gasteiger partial charge >= 0.3 is 5.97 Å². The molecule has 142 valence electrons. The third-order valence-corrected chi connectivity index (χ3v) is 3.93. The van der Waals surface area contributed by atoms with Gasteiger partial charge in [0.15, 0.2) is 6.10 Å². The van der Waals surface area contributed by atoms with E-state index in [1.165, 1.54) is 6.92 Å². The van der Waals surface area contributed by atoms with Crippen LogP contribution in [0.3, 0.4) is 0 Å². The highest BCUT2D eigenvalue weighted by atomic mass is 35.5. The fraction of sp³-hybridized carbons (Fsp3) is 0.250. The van der Waals surface area contributed by atoms with Crippen molar-refractivity contribution in [2.45, 2.75) is 32.4 Å². The molecule has 7 heteroatoms. The van der Waals surface area contributed by atoms with Crippen LogP contribution in [0.25, 0.3) is 0 Å². The third kappa shape index (κ3) is 6.75. The predicted molar refractivity (Wildman–Crippen MR) is 104 cm³/mol. The molecule has 0 heterocycles. The quantitative estimate of drug-likeness (QED) is 0.712. The van der Waals surface area contributed by atoms with Gasteiger partial charge in [-0.1, -0.05) is 29.8 Å². The SMILES string of the molecule is CC(CC(=O)OC(C)C(=O)Nc1ccc(Cl)cc1)NC(=O)c1ccccc1. The maximum absolute atomic E-state index is 12.1. The van der Waals surface area contributed by atoms with Crippen molar-refractivity contribution >= 4 is 35.1 Å². The monoisotopic (exact) mass is 388 g/mol. The van der Waals surface area contributed by atoms with E-state index < -0.39 is 24.0 Å². The molecule has 0 aliphatic rings. The summed E-state index contributed by atoms with van der Waals surface area (Å²) in [6.45, 7) is 3.18. The maximum Gasteiger partial charge on any atom is 0.308 e. The van der Waals surface area contributed by atoms with Crippen LogP contribution in [-0.4, -0.2) is 29.9 Å². The number of anilines is 1. The molecule has 0 fully saturated rings. The molecule has 0 saturated carbocycles. The summed E-state index contributed by atoms with van der Waals surface area (Å²) in [6.07, 6.45) is -1.01. The summed E-state index contributed by atoms with van der Waals surface area (Å²) in [7, 11) is 0. The van der Waals surface area contributed by atoms with Gasteiger partial charge in [-0.2, -0.15) is 0 Å². The highest BCUT2D eigenvalue weighted by Gasteiger charge is 2.20. The van der Waals surface area contributed by atoms with E-state index >= 15 is 0 Å². The first-order valence-corrected chi connectivity index (χ1v) is 8.85. The highest BCUT2D eigenvalue weighted by molar-refractivity contribution is 6.30. The molecule has 27 heavy (non-hydrogen) atoms. The average Bonchev–Trinajstić information content (AvgIpc) is 2.63. The first-order valence-electron chi connectivity index (χ1n) is 8.47. The number of amides is 2. The first kappa shape index (κ1) is 20.5. The molecular formula is C20H21ClN2O4. The first-order chi connectivity index (χ1) is 12.8. The topological polar surface area (TPSA) is 84.5 Å². The van der Waals surface area contributed by atoms with Crippen molar-refractivity contribution in [3.8, 4) is 0 Å². The second-order valence-corrected chi connectivity index (χ2v) is 6.51. The Kier molecular flexibility index (Phi) is 7.37. The summed E-state index contributed by atoms with van der Waals surface area (Å²) >= 11 is 5.79. The number of rotatable bonds is 7. The molecule has 0 aromatic heterocycles. The molecule has 0 spiro atoms. The Morgan fingerprint density at radius 3 is 2.26 bits per heavy atom. The molecule has 0 radical (unpaired) electrons. The average molecular weight is 389 g/mol. The summed E-state index contributed by atoms with van der Waals surface area (Å²) in [5, 5.41) is 5.91. The van der Waals surface area contributed by atoms with Crippen LogP contribution in [0.1, 0.15) is 30.6 Å². The second-order valence-electron chi connectivity index (χ2n) is 6.07. The van der Waals surface area contributed by atoms with Gasteiger partial charge in [-0.25, -0.2) is 0 Å². The van der Waals surface area contributed by atoms with Crippen molar-refractivity contribution in [1.82, 2.24) is 5.32 Å². The zero-order chi connectivity index (χ0) is 19.8. The molecule has 0 saturated heterocycles. The lowest BCUT2D eigenvalue weighted by Gasteiger charge is -2.16. The van der Waals surface area contributed by atoms with Crippen molar-refractivity contribution < 1.29 is 19.1 Å². The lowest BCUT2D eigenvalue weighted by molar-refractivity contribution is -0.153. The third-order valence-electron chi connectivity index (χ3n) is 3.68. The van der Waals surface area contributed by atoms with Crippen LogP contribution in [0.4, 0.5) is 5.69 Å². The van der Waals surface area contributed by atoms with Crippen molar-refractivity contribution in [2.75, 3.05) is 5.32 Å². The number of carbonyl (C=O) groups is 3. The Bertz CT molecular complexity index is 793. The van der Waals surface area contributed by atoms with E-state index in [1.54, 1.807) is 55.5 Å². The minimum atomic E-state index is -0.967. The number of hydrogen-bond donors (Lipinski definition) is 2. The Balaban J connectivity index is 1.78. The fourth-order valence-electron chi connectivity index (χ4n) is 2.27. The van der Waals surface area contributed by atoms with E-state index in [0.717, 1.165) is 0 Å². The van der Waals surface area contributed by atoms with Gasteiger partial charge in [0.25, 0.3) is 11.8 Å². The van der Waals surface area contributed by atoms with Gasteiger partial charge in [0.05, 0.1) is 6.42 Å². The Morgan fingerprint density at radius 2 is 1.63 bits per heavy atom. The van der Waals surface area contributed by atoms with E-state index in [-0.39, 0.29) is 12.3 Å². The lowest BCUT2D eigenvalue weighted by atomic mass is 10.2. The summed E-state index contributed by atoms with van der Waals surface area (Å²) in [5.74, 6) is -1.30. The molecule has 2 rings (SSSR count). The number of esters is 1. The summed E-state index contributed by atoms with van der Waals surface area (Å²) in [4.78, 5) is 36.2. The normalized spacial score (nSPS) is 12.6. The molecule has 0 aliphatic carbocycles. The molecule has 0 bridgehead atoms. The minimum Gasteiger partial charge on any atom is -0.452 e. The molecular weight excluding hydrogens is 368 g/mol. The second kappa shape index (κ2) is 9.73. The van der Waals surface area contributed by atoms with E-state index in [1.807, 2.05) is 6.07 Å². The van der Waals surface area contributed by atoms with Crippen LogP contribution >= 0.6 is 11.6 Å². The number of halogens is 1. The van der Waals surface area contributed by atoms with Crippen LogP contribution in [0.15, 0.2) is 54.6 Å². The Morgan fingerprint density at radius 1 is 1.00 bits per heavy atom. The largest absolute Gasteiger partial charge is 0.452 e. The molecule has 2 N–H and O–H groups in total. The minimum absolute atomic E-state index is 0.0445. The number of benzene rings is 2. The maximum atomic E-state index is 12.1. The number of ether oxygens (including phenoxy) is 1. The van der Waals surface area contributed by atoms with Gasteiger partial charge in [-0.15, -0.1) is 0 Å². The van der Waals surface area contributed by atoms with Gasteiger partial charge in [-0.05, 0) is 50.2 Å². The number of nitrogens with one attached hydrogen (secondary N) is 2. The van der Waals surface area contributed by atoms with Crippen LogP contribution in [0.2, 0.25) is 5.02 Å². The van der Waals surface area contributed by atoms with Crippen molar-refractivity contribution in [3.63, 3.8) is 0 Å².